The van der Waals surface area contributed by atoms with Crippen LogP contribution < -0.4 is 10.6 Å². The van der Waals surface area contributed by atoms with Crippen LogP contribution in [0.5, 0.6) is 0 Å². The van der Waals surface area contributed by atoms with Crippen molar-refractivity contribution in [1.29, 1.82) is 0 Å². The molecule has 0 saturated heterocycles. The molecular weight excluding hydrogens is 266 g/mol. The maximum Gasteiger partial charge on any atom is 0.306 e. The molecule has 122 valence electrons. The molecule has 21 heavy (non-hydrogen) atoms. The number of esters is 1. The molecule has 0 amide bonds. The first-order chi connectivity index (χ1) is 10.1. The van der Waals surface area contributed by atoms with E-state index < -0.39 is 0 Å². The lowest BCUT2D eigenvalue weighted by atomic mass is 10.2. The van der Waals surface area contributed by atoms with Gasteiger partial charge in [-0.3, -0.25) is 9.79 Å². The first-order valence-corrected chi connectivity index (χ1v) is 8.33. The van der Waals surface area contributed by atoms with Gasteiger partial charge in [0.15, 0.2) is 5.96 Å². The molecule has 0 spiro atoms. The largest absolute Gasteiger partial charge is 0.462 e. The fraction of sp³-hybridized carbons (Fsp3) is 0.875. The molecule has 0 aromatic rings. The van der Waals surface area contributed by atoms with E-state index >= 15 is 0 Å². The van der Waals surface area contributed by atoms with Gasteiger partial charge in [0, 0.05) is 26.1 Å². The Morgan fingerprint density at radius 3 is 2.62 bits per heavy atom. The molecule has 0 radical (unpaired) electrons. The highest BCUT2D eigenvalue weighted by Crippen LogP contribution is 2.21. The van der Waals surface area contributed by atoms with Crippen LogP contribution in [0.15, 0.2) is 4.99 Å². The van der Waals surface area contributed by atoms with Crippen LogP contribution in [0.2, 0.25) is 0 Å². The zero-order valence-corrected chi connectivity index (χ0v) is 13.8. The van der Waals surface area contributed by atoms with Crippen molar-refractivity contribution in [3.8, 4) is 0 Å². The number of nitrogens with one attached hydrogen (secondary N) is 2. The first-order valence-electron chi connectivity index (χ1n) is 8.33. The second-order valence-electron chi connectivity index (χ2n) is 6.04. The van der Waals surface area contributed by atoms with Gasteiger partial charge in [-0.15, -0.1) is 0 Å². The van der Waals surface area contributed by atoms with Crippen molar-refractivity contribution in [3.05, 3.63) is 0 Å². The summed E-state index contributed by atoms with van der Waals surface area (Å²) in [5.74, 6) is 1.31. The lowest BCUT2D eigenvalue weighted by Crippen LogP contribution is -2.38. The van der Waals surface area contributed by atoms with Crippen LogP contribution in [-0.2, 0) is 9.53 Å². The van der Waals surface area contributed by atoms with E-state index in [-0.39, 0.29) is 12.1 Å². The van der Waals surface area contributed by atoms with E-state index in [0.29, 0.717) is 12.3 Å². The zero-order valence-electron chi connectivity index (χ0n) is 13.8. The number of aliphatic imine (C=N–C) groups is 1. The summed E-state index contributed by atoms with van der Waals surface area (Å²) in [5.41, 5.74) is 0. The Kier molecular flexibility index (Phi) is 8.87. The number of carbonyl (C=O) groups excluding carboxylic acids is 1. The fourth-order valence-electron chi connectivity index (χ4n) is 2.31. The third-order valence-corrected chi connectivity index (χ3v) is 3.41. The van der Waals surface area contributed by atoms with Crippen LogP contribution in [0.4, 0.5) is 0 Å². The van der Waals surface area contributed by atoms with Crippen molar-refractivity contribution in [3.63, 3.8) is 0 Å². The summed E-state index contributed by atoms with van der Waals surface area (Å²) in [7, 11) is 0. The summed E-state index contributed by atoms with van der Waals surface area (Å²) in [5, 5.41) is 6.46. The lowest BCUT2D eigenvalue weighted by molar-refractivity contribution is -0.148. The average molecular weight is 297 g/mol. The van der Waals surface area contributed by atoms with E-state index in [2.05, 4.69) is 29.5 Å². The molecule has 0 unspecified atom stereocenters. The van der Waals surface area contributed by atoms with Gasteiger partial charge in [0.25, 0.3) is 0 Å². The Morgan fingerprint density at radius 2 is 2.00 bits per heavy atom. The SMILES string of the molecule is CCNC(=NCC(C)C)NCCCC(=O)OC1CCCC1. The van der Waals surface area contributed by atoms with Gasteiger partial charge in [0.1, 0.15) is 6.10 Å². The molecule has 5 nitrogen and oxygen atoms in total. The Labute approximate surface area is 128 Å². The smallest absolute Gasteiger partial charge is 0.306 e. The van der Waals surface area contributed by atoms with Crippen molar-refractivity contribution in [1.82, 2.24) is 10.6 Å². The highest BCUT2D eigenvalue weighted by molar-refractivity contribution is 5.79. The number of ether oxygens (including phenoxy) is 1. The summed E-state index contributed by atoms with van der Waals surface area (Å²) in [6, 6.07) is 0. The van der Waals surface area contributed by atoms with E-state index in [4.69, 9.17) is 4.74 Å². The van der Waals surface area contributed by atoms with Crippen LogP contribution in [0.1, 0.15) is 59.3 Å². The second kappa shape index (κ2) is 10.5. The van der Waals surface area contributed by atoms with Crippen molar-refractivity contribution in [2.24, 2.45) is 10.9 Å². The Hall–Kier alpha value is -1.26. The minimum Gasteiger partial charge on any atom is -0.462 e. The van der Waals surface area contributed by atoms with Crippen LogP contribution in [0, 0.1) is 5.92 Å². The van der Waals surface area contributed by atoms with Gasteiger partial charge in [-0.2, -0.15) is 0 Å². The summed E-state index contributed by atoms with van der Waals surface area (Å²) in [6.45, 7) is 8.72. The Balaban J connectivity index is 2.14. The van der Waals surface area contributed by atoms with Gasteiger partial charge >= 0.3 is 5.97 Å². The molecule has 2 N–H and O–H groups in total. The van der Waals surface area contributed by atoms with Crippen LogP contribution >= 0.6 is 0 Å². The van der Waals surface area contributed by atoms with E-state index in [1.54, 1.807) is 0 Å². The minimum absolute atomic E-state index is 0.0622. The number of rotatable bonds is 8. The predicted molar refractivity (Wildman–Crippen MR) is 86.4 cm³/mol. The third kappa shape index (κ3) is 8.58. The van der Waals surface area contributed by atoms with Gasteiger partial charge in [-0.05, 0) is 44.9 Å². The first kappa shape index (κ1) is 17.8. The van der Waals surface area contributed by atoms with Crippen LogP contribution in [-0.4, -0.2) is 37.7 Å². The number of carbonyl (C=O) groups is 1. The van der Waals surface area contributed by atoms with E-state index in [9.17, 15) is 4.79 Å². The number of guanidine groups is 1. The van der Waals surface area contributed by atoms with E-state index in [1.165, 1.54) is 12.8 Å². The molecule has 0 aromatic heterocycles. The topological polar surface area (TPSA) is 62.7 Å². The number of nitrogens with zero attached hydrogens (tertiary/aromatic N) is 1. The van der Waals surface area contributed by atoms with Gasteiger partial charge < -0.3 is 15.4 Å². The summed E-state index contributed by atoms with van der Waals surface area (Å²) in [6.07, 6.45) is 5.89. The van der Waals surface area contributed by atoms with Crippen molar-refractivity contribution >= 4 is 11.9 Å². The standard InChI is InChI=1S/C16H31N3O2/c1-4-17-16(19-12-13(2)3)18-11-7-10-15(20)21-14-8-5-6-9-14/h13-14H,4-12H2,1-3H3,(H2,17,18,19). The minimum atomic E-state index is -0.0622. The molecule has 0 bridgehead atoms. The molecule has 0 aromatic carbocycles. The normalized spacial score (nSPS) is 16.3. The van der Waals surface area contributed by atoms with Crippen molar-refractivity contribution in [2.75, 3.05) is 19.6 Å². The Morgan fingerprint density at radius 1 is 1.29 bits per heavy atom. The monoisotopic (exact) mass is 297 g/mol. The van der Waals surface area contributed by atoms with Crippen LogP contribution in [0.3, 0.4) is 0 Å². The van der Waals surface area contributed by atoms with Gasteiger partial charge in [-0.25, -0.2) is 0 Å². The molecule has 1 rings (SSSR count). The van der Waals surface area contributed by atoms with Gasteiger partial charge in [-0.1, -0.05) is 13.8 Å². The quantitative estimate of drug-likeness (QED) is 0.313. The molecule has 1 fully saturated rings. The molecule has 1 aliphatic carbocycles. The highest BCUT2D eigenvalue weighted by atomic mass is 16.5. The summed E-state index contributed by atoms with van der Waals surface area (Å²) < 4.78 is 5.43. The maximum atomic E-state index is 11.7. The molecule has 0 aliphatic heterocycles. The number of hydrogen-bond acceptors (Lipinski definition) is 3. The second-order valence-corrected chi connectivity index (χ2v) is 6.04. The molecule has 0 atom stereocenters. The average Bonchev–Trinajstić information content (AvgIpc) is 2.93. The predicted octanol–water partition coefficient (Wildman–Crippen LogP) is 2.46. The van der Waals surface area contributed by atoms with E-state index in [1.807, 2.05) is 6.92 Å². The Bertz CT molecular complexity index is 323. The lowest BCUT2D eigenvalue weighted by Gasteiger charge is -2.13. The molecule has 1 saturated carbocycles. The van der Waals surface area contributed by atoms with Crippen molar-refractivity contribution < 1.29 is 9.53 Å². The number of hydrogen-bond donors (Lipinski definition) is 2. The molecular formula is C16H31N3O2. The zero-order chi connectivity index (χ0) is 15.5. The highest BCUT2D eigenvalue weighted by Gasteiger charge is 2.18. The van der Waals surface area contributed by atoms with Gasteiger partial charge in [0.2, 0.25) is 0 Å². The fourth-order valence-corrected chi connectivity index (χ4v) is 2.31. The van der Waals surface area contributed by atoms with Crippen LogP contribution in [0.25, 0.3) is 0 Å². The molecule has 0 heterocycles. The third-order valence-electron chi connectivity index (χ3n) is 3.41. The summed E-state index contributed by atoms with van der Waals surface area (Å²) in [4.78, 5) is 16.2. The molecule has 1 aliphatic rings. The van der Waals surface area contributed by atoms with Crippen molar-refractivity contribution in [2.45, 2.75) is 65.4 Å². The molecule has 5 heteroatoms. The maximum absolute atomic E-state index is 11.7. The van der Waals surface area contributed by atoms with E-state index in [0.717, 1.165) is 44.9 Å². The summed E-state index contributed by atoms with van der Waals surface area (Å²) >= 11 is 0. The van der Waals surface area contributed by atoms with Gasteiger partial charge in [0.05, 0.1) is 0 Å².